The Hall–Kier alpha value is -1.04. The number of hydrogen-bond acceptors (Lipinski definition) is 6. The predicted molar refractivity (Wildman–Crippen MR) is 82.5 cm³/mol. The van der Waals surface area contributed by atoms with E-state index in [1.165, 1.54) is 0 Å². The van der Waals surface area contributed by atoms with Crippen LogP contribution in [-0.4, -0.2) is 42.9 Å². The highest BCUT2D eigenvalue weighted by molar-refractivity contribution is 7.48. The minimum absolute atomic E-state index is 0.231. The minimum atomic E-state index is -3.57. The molecule has 0 spiro atoms. The van der Waals surface area contributed by atoms with Gasteiger partial charge in [0.1, 0.15) is 11.4 Å². The van der Waals surface area contributed by atoms with Gasteiger partial charge in [0.15, 0.2) is 0 Å². The number of phosphoric ester groups is 1. The van der Waals surface area contributed by atoms with Crippen LogP contribution in [0, 0.1) is 0 Å². The number of carbonyl (C=O) groups excluding carboxylic acids is 1. The highest BCUT2D eigenvalue weighted by Gasteiger charge is 2.30. The van der Waals surface area contributed by atoms with Gasteiger partial charge in [-0.2, -0.15) is 0 Å². The molecular weight excluding hydrogens is 309 g/mol. The first-order valence-corrected chi connectivity index (χ1v) is 8.91. The summed E-state index contributed by atoms with van der Waals surface area (Å²) in [6.45, 7) is 10.1. The van der Waals surface area contributed by atoms with E-state index in [2.05, 4.69) is 0 Å². The summed E-state index contributed by atoms with van der Waals surface area (Å²) in [5.74, 6) is 0.505. The average molecular weight is 335 g/mol. The van der Waals surface area contributed by atoms with Gasteiger partial charge in [-0.1, -0.05) is 0 Å². The topological polar surface area (TPSA) is 74.3 Å². The number of rotatable bonds is 6. The molecule has 1 amide bonds. The maximum Gasteiger partial charge on any atom is 0.529 e. The second-order valence-corrected chi connectivity index (χ2v) is 7.31. The van der Waals surface area contributed by atoms with Crippen LogP contribution < -0.4 is 0 Å². The maximum atomic E-state index is 12.3. The molecule has 1 heterocycles. The summed E-state index contributed by atoms with van der Waals surface area (Å²) in [7, 11) is -3.57. The molecule has 1 aliphatic rings. The second-order valence-electron chi connectivity index (χ2n) is 5.72. The molecule has 0 radical (unpaired) electrons. The SMILES string of the molecule is CCOP(=O)(OCC)OC1=CCN(C(=O)OC(C)(C)C)CC1. The zero-order valence-electron chi connectivity index (χ0n) is 14.0. The van der Waals surface area contributed by atoms with Gasteiger partial charge in [0.25, 0.3) is 0 Å². The lowest BCUT2D eigenvalue weighted by Crippen LogP contribution is -2.39. The third-order valence-corrected chi connectivity index (χ3v) is 4.23. The van der Waals surface area contributed by atoms with E-state index in [-0.39, 0.29) is 19.3 Å². The van der Waals surface area contributed by atoms with Crippen LogP contribution in [-0.2, 0) is 22.9 Å². The van der Waals surface area contributed by atoms with Gasteiger partial charge in [-0.05, 0) is 40.7 Å². The van der Waals surface area contributed by atoms with Crippen molar-refractivity contribution in [3.05, 3.63) is 11.8 Å². The van der Waals surface area contributed by atoms with Crippen LogP contribution in [0.3, 0.4) is 0 Å². The van der Waals surface area contributed by atoms with Crippen LogP contribution in [0.4, 0.5) is 4.79 Å². The summed E-state index contributed by atoms with van der Waals surface area (Å²) in [5, 5.41) is 0. The van der Waals surface area contributed by atoms with Crippen molar-refractivity contribution in [2.24, 2.45) is 0 Å². The fourth-order valence-corrected chi connectivity index (χ4v) is 3.04. The van der Waals surface area contributed by atoms with Crippen LogP contribution in [0.25, 0.3) is 0 Å². The number of amides is 1. The molecule has 0 fully saturated rings. The fraction of sp³-hybridized carbons (Fsp3) is 0.786. The Balaban J connectivity index is 2.60. The van der Waals surface area contributed by atoms with Crippen LogP contribution in [0.2, 0.25) is 0 Å². The van der Waals surface area contributed by atoms with Crippen molar-refractivity contribution in [2.45, 2.75) is 46.6 Å². The van der Waals surface area contributed by atoms with Crippen molar-refractivity contribution < 1.29 is 27.7 Å². The van der Waals surface area contributed by atoms with E-state index in [0.29, 0.717) is 25.3 Å². The Morgan fingerprint density at radius 3 is 2.27 bits per heavy atom. The monoisotopic (exact) mass is 335 g/mol. The third-order valence-electron chi connectivity index (χ3n) is 2.62. The lowest BCUT2D eigenvalue weighted by molar-refractivity contribution is 0.0256. The number of hydrogen-bond donors (Lipinski definition) is 0. The zero-order chi connectivity index (χ0) is 16.8. The van der Waals surface area contributed by atoms with Gasteiger partial charge in [-0.15, -0.1) is 0 Å². The molecule has 128 valence electrons. The van der Waals surface area contributed by atoms with E-state index in [0.717, 1.165) is 0 Å². The van der Waals surface area contributed by atoms with E-state index in [4.69, 9.17) is 18.3 Å². The van der Waals surface area contributed by atoms with Crippen molar-refractivity contribution in [3.8, 4) is 0 Å². The Kier molecular flexibility index (Phi) is 6.91. The first-order chi connectivity index (χ1) is 10.2. The predicted octanol–water partition coefficient (Wildman–Crippen LogP) is 3.71. The maximum absolute atomic E-state index is 12.3. The molecule has 0 aromatic rings. The number of ether oxygens (including phenoxy) is 1. The molecule has 0 saturated carbocycles. The summed E-state index contributed by atoms with van der Waals surface area (Å²) >= 11 is 0. The lowest BCUT2D eigenvalue weighted by atomic mass is 10.2. The normalized spacial score (nSPS) is 16.2. The smallest absolute Gasteiger partial charge is 0.444 e. The van der Waals surface area contributed by atoms with Crippen LogP contribution in [0.1, 0.15) is 41.0 Å². The molecule has 8 heteroatoms. The van der Waals surface area contributed by atoms with Crippen molar-refractivity contribution >= 4 is 13.9 Å². The van der Waals surface area contributed by atoms with Crippen LogP contribution in [0.15, 0.2) is 11.8 Å². The average Bonchev–Trinajstić information content (AvgIpc) is 2.37. The Bertz CT molecular complexity index is 447. The van der Waals surface area contributed by atoms with Gasteiger partial charge in [-0.25, -0.2) is 9.36 Å². The van der Waals surface area contributed by atoms with E-state index in [1.807, 2.05) is 20.8 Å². The Morgan fingerprint density at radius 2 is 1.86 bits per heavy atom. The van der Waals surface area contributed by atoms with Gasteiger partial charge in [0.2, 0.25) is 0 Å². The van der Waals surface area contributed by atoms with E-state index < -0.39 is 13.4 Å². The number of nitrogens with zero attached hydrogens (tertiary/aromatic N) is 1. The quantitative estimate of drug-likeness (QED) is 0.689. The molecule has 0 aromatic carbocycles. The molecule has 22 heavy (non-hydrogen) atoms. The molecule has 0 atom stereocenters. The molecule has 0 bridgehead atoms. The summed E-state index contributed by atoms with van der Waals surface area (Å²) in [6, 6.07) is 0. The molecular formula is C14H26NO6P. The van der Waals surface area contributed by atoms with Gasteiger partial charge < -0.3 is 14.2 Å². The molecule has 1 aliphatic heterocycles. The molecule has 0 aromatic heterocycles. The molecule has 0 N–H and O–H groups in total. The van der Waals surface area contributed by atoms with Gasteiger partial charge >= 0.3 is 13.9 Å². The standard InChI is InChI=1S/C14H26NO6P/c1-6-18-22(17,19-7-2)21-12-8-10-15(11-9-12)13(16)20-14(3,4)5/h8H,6-7,9-11H2,1-5H3. The summed E-state index contributed by atoms with van der Waals surface area (Å²) in [4.78, 5) is 13.5. The largest absolute Gasteiger partial charge is 0.529 e. The summed E-state index contributed by atoms with van der Waals surface area (Å²) in [5.41, 5.74) is -0.531. The van der Waals surface area contributed by atoms with Crippen LogP contribution in [0.5, 0.6) is 0 Å². The van der Waals surface area contributed by atoms with Gasteiger partial charge in [-0.3, -0.25) is 9.05 Å². The second kappa shape index (κ2) is 7.99. The van der Waals surface area contributed by atoms with E-state index in [1.54, 1.807) is 24.8 Å². The minimum Gasteiger partial charge on any atom is -0.444 e. The van der Waals surface area contributed by atoms with Crippen LogP contribution >= 0.6 is 7.82 Å². The van der Waals surface area contributed by atoms with Crippen molar-refractivity contribution in [2.75, 3.05) is 26.3 Å². The first kappa shape index (κ1) is 19.0. The lowest BCUT2D eigenvalue weighted by Gasteiger charge is -2.30. The zero-order valence-corrected chi connectivity index (χ0v) is 14.9. The molecule has 0 unspecified atom stereocenters. The van der Waals surface area contributed by atoms with Crippen molar-refractivity contribution in [1.82, 2.24) is 4.90 Å². The van der Waals surface area contributed by atoms with Crippen molar-refractivity contribution in [1.29, 1.82) is 0 Å². The molecule has 7 nitrogen and oxygen atoms in total. The fourth-order valence-electron chi connectivity index (χ4n) is 1.78. The third kappa shape index (κ3) is 6.38. The Morgan fingerprint density at radius 1 is 1.27 bits per heavy atom. The van der Waals surface area contributed by atoms with Gasteiger partial charge in [0.05, 0.1) is 13.2 Å². The first-order valence-electron chi connectivity index (χ1n) is 7.44. The summed E-state index contributed by atoms with van der Waals surface area (Å²) < 4.78 is 33.1. The van der Waals surface area contributed by atoms with E-state index >= 15 is 0 Å². The van der Waals surface area contributed by atoms with Crippen molar-refractivity contribution in [3.63, 3.8) is 0 Å². The highest BCUT2D eigenvalue weighted by Crippen LogP contribution is 2.51. The number of carbonyl (C=O) groups is 1. The molecule has 0 saturated heterocycles. The van der Waals surface area contributed by atoms with E-state index in [9.17, 15) is 9.36 Å². The molecule has 0 aliphatic carbocycles. The number of phosphoric acid groups is 1. The van der Waals surface area contributed by atoms with Gasteiger partial charge in [0, 0.05) is 19.5 Å². The summed E-state index contributed by atoms with van der Waals surface area (Å²) in [6.07, 6.45) is 1.75. The highest BCUT2D eigenvalue weighted by atomic mass is 31.2. The Labute approximate surface area is 132 Å². The molecule has 1 rings (SSSR count).